The zero-order chi connectivity index (χ0) is 19.0. The lowest BCUT2D eigenvalue weighted by Gasteiger charge is -2.34. The molecule has 0 spiro atoms. The maximum Gasteiger partial charge on any atom is 0.209 e. The lowest BCUT2D eigenvalue weighted by molar-refractivity contribution is -0.118. The fourth-order valence-corrected chi connectivity index (χ4v) is 3.75. The number of imidazole rings is 1. The van der Waals surface area contributed by atoms with Gasteiger partial charge in [-0.05, 0) is 37.3 Å². The fraction of sp³-hybridized carbons (Fsp3) is 0.300. The second-order valence-electron chi connectivity index (χ2n) is 6.80. The summed E-state index contributed by atoms with van der Waals surface area (Å²) in [6.45, 7) is 4.96. The quantitative estimate of drug-likeness (QED) is 0.642. The Bertz CT molecular complexity index is 981. The van der Waals surface area contributed by atoms with E-state index in [-0.39, 0.29) is 11.9 Å². The first kappa shape index (κ1) is 17.8. The van der Waals surface area contributed by atoms with Crippen molar-refractivity contribution in [2.24, 2.45) is 0 Å². The first-order valence-electron chi connectivity index (χ1n) is 8.92. The maximum atomic E-state index is 14.4. The highest BCUT2D eigenvalue weighted by molar-refractivity contribution is 6.30. The van der Waals surface area contributed by atoms with Gasteiger partial charge in [0.15, 0.2) is 0 Å². The van der Waals surface area contributed by atoms with Gasteiger partial charge in [0.25, 0.3) is 0 Å². The van der Waals surface area contributed by atoms with E-state index in [0.29, 0.717) is 23.7 Å². The summed E-state index contributed by atoms with van der Waals surface area (Å²) in [4.78, 5) is 19.4. The Morgan fingerprint density at radius 1 is 1.15 bits per heavy atom. The molecule has 1 atom stereocenters. The number of rotatable bonds is 4. The van der Waals surface area contributed by atoms with E-state index in [0.717, 1.165) is 36.2 Å². The van der Waals surface area contributed by atoms with Crippen LogP contribution in [0.3, 0.4) is 0 Å². The van der Waals surface area contributed by atoms with Crippen LogP contribution in [0.5, 0.6) is 0 Å². The maximum absolute atomic E-state index is 14.4. The van der Waals surface area contributed by atoms with E-state index >= 15 is 0 Å². The molecule has 0 aliphatic carbocycles. The van der Waals surface area contributed by atoms with E-state index in [1.165, 1.54) is 6.07 Å². The number of piperazine rings is 1. The third-order valence-corrected chi connectivity index (χ3v) is 5.45. The van der Waals surface area contributed by atoms with Crippen LogP contribution in [0.2, 0.25) is 5.02 Å². The van der Waals surface area contributed by atoms with Gasteiger partial charge in [0.05, 0.1) is 23.4 Å². The summed E-state index contributed by atoms with van der Waals surface area (Å²) in [5.74, 6) is -0.321. The first-order valence-corrected chi connectivity index (χ1v) is 9.30. The Balaban J connectivity index is 1.67. The van der Waals surface area contributed by atoms with Crippen molar-refractivity contribution in [2.45, 2.75) is 13.0 Å². The van der Waals surface area contributed by atoms with Crippen LogP contribution in [-0.4, -0.2) is 47.0 Å². The van der Waals surface area contributed by atoms with E-state index in [2.05, 4.69) is 16.0 Å². The Morgan fingerprint density at radius 3 is 2.63 bits per heavy atom. The molecule has 2 aromatic carbocycles. The fourth-order valence-electron chi connectivity index (χ4n) is 3.60. The Hall–Kier alpha value is -2.60. The number of hydrogen-bond donors (Lipinski definition) is 0. The van der Waals surface area contributed by atoms with Crippen molar-refractivity contribution in [3.63, 3.8) is 0 Å². The molecule has 1 saturated heterocycles. The van der Waals surface area contributed by atoms with Crippen molar-refractivity contribution in [1.29, 1.82) is 0 Å². The predicted octanol–water partition coefficient (Wildman–Crippen LogP) is 3.72. The zero-order valence-electron chi connectivity index (χ0n) is 15.0. The monoisotopic (exact) mass is 386 g/mol. The highest BCUT2D eigenvalue weighted by Gasteiger charge is 2.19. The average Bonchev–Trinajstić information content (AvgIpc) is 3.11. The van der Waals surface area contributed by atoms with Crippen molar-refractivity contribution in [2.75, 3.05) is 31.1 Å². The van der Waals surface area contributed by atoms with Gasteiger partial charge in [-0.15, -0.1) is 0 Å². The minimum absolute atomic E-state index is 0.213. The number of halogens is 2. The van der Waals surface area contributed by atoms with E-state index in [1.54, 1.807) is 23.4 Å². The normalized spacial score (nSPS) is 16.0. The van der Waals surface area contributed by atoms with Crippen molar-refractivity contribution >= 4 is 34.7 Å². The summed E-state index contributed by atoms with van der Waals surface area (Å²) in [6, 6.07) is 10.7. The lowest BCUT2D eigenvalue weighted by Crippen LogP contribution is -2.45. The summed E-state index contributed by atoms with van der Waals surface area (Å²) in [5.41, 5.74) is 3.47. The Kier molecular flexibility index (Phi) is 4.74. The number of nitrogens with zero attached hydrogens (tertiary/aromatic N) is 4. The van der Waals surface area contributed by atoms with Crippen LogP contribution in [0.1, 0.15) is 18.5 Å². The SMILES string of the molecule is CC(c1ccc(Cl)cc1F)n1cnc2ccc(N3CCN(C=O)CC3)cc21. The highest BCUT2D eigenvalue weighted by atomic mass is 35.5. The summed E-state index contributed by atoms with van der Waals surface area (Å²) < 4.78 is 16.4. The van der Waals surface area contributed by atoms with Crippen LogP contribution in [-0.2, 0) is 4.79 Å². The van der Waals surface area contributed by atoms with Gasteiger partial charge in [-0.3, -0.25) is 4.79 Å². The van der Waals surface area contributed by atoms with Crippen LogP contribution < -0.4 is 4.90 Å². The molecule has 1 aromatic heterocycles. The molecule has 27 heavy (non-hydrogen) atoms. The van der Waals surface area contributed by atoms with Gasteiger partial charge in [-0.2, -0.15) is 0 Å². The molecular formula is C20H20ClFN4O. The van der Waals surface area contributed by atoms with Crippen LogP contribution in [0.15, 0.2) is 42.7 Å². The Morgan fingerprint density at radius 2 is 1.93 bits per heavy atom. The molecule has 4 rings (SSSR count). The summed E-state index contributed by atoms with van der Waals surface area (Å²) in [7, 11) is 0. The van der Waals surface area contributed by atoms with Crippen LogP contribution >= 0.6 is 11.6 Å². The van der Waals surface area contributed by atoms with E-state index < -0.39 is 0 Å². The Labute approximate surface area is 162 Å². The van der Waals surface area contributed by atoms with Gasteiger partial charge in [0.1, 0.15) is 5.82 Å². The number of carbonyl (C=O) groups excluding carboxylic acids is 1. The van der Waals surface area contributed by atoms with Crippen LogP contribution in [0.4, 0.5) is 10.1 Å². The number of anilines is 1. The van der Waals surface area contributed by atoms with Gasteiger partial charge in [-0.25, -0.2) is 9.37 Å². The van der Waals surface area contributed by atoms with Gasteiger partial charge in [0, 0.05) is 42.5 Å². The standard InChI is InChI=1S/C20H20ClFN4O/c1-14(17-4-2-15(21)10-18(17)22)26-12-23-19-5-3-16(11-20(19)26)25-8-6-24(13-27)7-9-25/h2-5,10-14H,6-9H2,1H3. The predicted molar refractivity (Wildman–Crippen MR) is 105 cm³/mol. The van der Waals surface area contributed by atoms with Crippen molar-refractivity contribution in [1.82, 2.24) is 14.5 Å². The van der Waals surface area contributed by atoms with E-state index in [4.69, 9.17) is 11.6 Å². The van der Waals surface area contributed by atoms with Gasteiger partial charge < -0.3 is 14.4 Å². The van der Waals surface area contributed by atoms with Gasteiger partial charge in [0.2, 0.25) is 6.41 Å². The minimum Gasteiger partial charge on any atom is -0.368 e. The molecule has 0 N–H and O–H groups in total. The van der Waals surface area contributed by atoms with E-state index in [1.807, 2.05) is 23.6 Å². The molecule has 1 unspecified atom stereocenters. The summed E-state index contributed by atoms with van der Waals surface area (Å²) in [5, 5.41) is 0.385. The second kappa shape index (κ2) is 7.19. The number of aromatic nitrogens is 2. The molecule has 7 heteroatoms. The van der Waals surface area contributed by atoms with Gasteiger partial charge >= 0.3 is 0 Å². The molecule has 2 heterocycles. The topological polar surface area (TPSA) is 41.4 Å². The molecule has 1 amide bonds. The van der Waals surface area contributed by atoms with Crippen molar-refractivity contribution in [3.05, 3.63) is 59.1 Å². The first-order chi connectivity index (χ1) is 13.1. The molecule has 140 valence electrons. The molecular weight excluding hydrogens is 367 g/mol. The molecule has 3 aromatic rings. The van der Waals surface area contributed by atoms with Crippen LogP contribution in [0, 0.1) is 5.82 Å². The number of amides is 1. The zero-order valence-corrected chi connectivity index (χ0v) is 15.7. The second-order valence-corrected chi connectivity index (χ2v) is 7.23. The summed E-state index contributed by atoms with van der Waals surface area (Å²) >= 11 is 5.88. The van der Waals surface area contributed by atoms with Crippen molar-refractivity contribution in [3.8, 4) is 0 Å². The largest absolute Gasteiger partial charge is 0.368 e. The molecule has 1 fully saturated rings. The van der Waals surface area contributed by atoms with Crippen molar-refractivity contribution < 1.29 is 9.18 Å². The average molecular weight is 387 g/mol. The van der Waals surface area contributed by atoms with Gasteiger partial charge in [-0.1, -0.05) is 17.7 Å². The molecule has 0 saturated carbocycles. The van der Waals surface area contributed by atoms with Crippen LogP contribution in [0.25, 0.3) is 11.0 Å². The smallest absolute Gasteiger partial charge is 0.209 e. The minimum atomic E-state index is -0.321. The third kappa shape index (κ3) is 3.37. The number of fused-ring (bicyclic) bond motifs is 1. The van der Waals surface area contributed by atoms with E-state index in [9.17, 15) is 9.18 Å². The molecule has 5 nitrogen and oxygen atoms in total. The molecule has 1 aliphatic rings. The number of hydrogen-bond acceptors (Lipinski definition) is 3. The highest BCUT2D eigenvalue weighted by Crippen LogP contribution is 2.29. The number of benzene rings is 2. The summed E-state index contributed by atoms with van der Waals surface area (Å²) in [6.07, 6.45) is 2.65. The molecule has 0 bridgehead atoms. The molecule has 1 aliphatic heterocycles. The third-order valence-electron chi connectivity index (χ3n) is 5.22. The molecule has 0 radical (unpaired) electrons. The number of carbonyl (C=O) groups is 1. The lowest BCUT2D eigenvalue weighted by atomic mass is 10.1.